The van der Waals surface area contributed by atoms with Crippen molar-refractivity contribution in [3.8, 4) is 0 Å². The van der Waals surface area contributed by atoms with Crippen LogP contribution in [0.3, 0.4) is 0 Å². The second-order valence-electron chi connectivity index (χ2n) is 8.39. The van der Waals surface area contributed by atoms with Crippen LogP contribution >= 0.6 is 0 Å². The maximum absolute atomic E-state index is 12.5. The lowest BCUT2D eigenvalue weighted by atomic mass is 9.71. The van der Waals surface area contributed by atoms with Gasteiger partial charge in [0.05, 0.1) is 0 Å². The molecular formula is C18H33N3O. The summed E-state index contributed by atoms with van der Waals surface area (Å²) < 4.78 is 0. The molecule has 0 aliphatic heterocycles. The van der Waals surface area contributed by atoms with Crippen LogP contribution in [-0.4, -0.2) is 24.0 Å². The maximum atomic E-state index is 12.5. The van der Waals surface area contributed by atoms with Crippen molar-refractivity contribution in [1.29, 1.82) is 0 Å². The Balaban J connectivity index is 1.90. The Kier molecular flexibility index (Phi) is 5.33. The molecule has 0 spiro atoms. The van der Waals surface area contributed by atoms with E-state index < -0.39 is 0 Å². The molecule has 5 N–H and O–H groups in total. The Hall–Kier alpha value is -0.870. The van der Waals surface area contributed by atoms with Gasteiger partial charge in [0.2, 0.25) is 5.91 Å². The number of rotatable bonds is 2. The van der Waals surface area contributed by atoms with E-state index in [1.807, 2.05) is 6.08 Å². The van der Waals surface area contributed by atoms with Crippen molar-refractivity contribution in [3.63, 3.8) is 0 Å². The number of nitrogens with two attached hydrogens (primary N) is 2. The van der Waals surface area contributed by atoms with Gasteiger partial charge in [-0.05, 0) is 49.4 Å². The third-order valence-corrected chi connectivity index (χ3v) is 5.57. The minimum Gasteiger partial charge on any atom is -0.350 e. The van der Waals surface area contributed by atoms with Crippen LogP contribution in [-0.2, 0) is 4.79 Å². The molecule has 4 heteroatoms. The largest absolute Gasteiger partial charge is 0.350 e. The van der Waals surface area contributed by atoms with Gasteiger partial charge in [-0.3, -0.25) is 4.79 Å². The lowest BCUT2D eigenvalue weighted by molar-refractivity contribution is -0.119. The molecule has 2 rings (SSSR count). The van der Waals surface area contributed by atoms with E-state index in [4.69, 9.17) is 11.5 Å². The van der Waals surface area contributed by atoms with Gasteiger partial charge in [-0.15, -0.1) is 0 Å². The lowest BCUT2D eigenvalue weighted by Gasteiger charge is -2.37. The fourth-order valence-corrected chi connectivity index (χ4v) is 3.86. The van der Waals surface area contributed by atoms with Crippen molar-refractivity contribution in [2.75, 3.05) is 0 Å². The van der Waals surface area contributed by atoms with Gasteiger partial charge >= 0.3 is 0 Å². The molecule has 0 aromatic rings. The number of carbonyl (C=O) groups excluding carboxylic acids is 1. The highest BCUT2D eigenvalue weighted by Crippen LogP contribution is 2.37. The van der Waals surface area contributed by atoms with Crippen LogP contribution < -0.4 is 16.8 Å². The second kappa shape index (κ2) is 6.71. The fraction of sp³-hybridized carbons (Fsp3) is 0.833. The topological polar surface area (TPSA) is 81.1 Å². The molecule has 22 heavy (non-hydrogen) atoms. The van der Waals surface area contributed by atoms with Crippen molar-refractivity contribution in [2.24, 2.45) is 28.7 Å². The molecule has 0 saturated heterocycles. The SMILES string of the molecule is CC1CC(N)C(N)C=C1C(=O)NC1CCC(C(C)(C)C)CC1. The summed E-state index contributed by atoms with van der Waals surface area (Å²) in [5.41, 5.74) is 13.2. The summed E-state index contributed by atoms with van der Waals surface area (Å²) in [6, 6.07) is 0.0772. The van der Waals surface area contributed by atoms with Gasteiger partial charge in [0.15, 0.2) is 0 Å². The minimum absolute atomic E-state index is 0.0335. The molecule has 1 amide bonds. The van der Waals surface area contributed by atoms with E-state index >= 15 is 0 Å². The highest BCUT2D eigenvalue weighted by Gasteiger charge is 2.32. The molecule has 3 unspecified atom stereocenters. The molecule has 126 valence electrons. The smallest absolute Gasteiger partial charge is 0.247 e. The molecule has 4 nitrogen and oxygen atoms in total. The summed E-state index contributed by atoms with van der Waals surface area (Å²) in [7, 11) is 0. The molecule has 3 atom stereocenters. The quantitative estimate of drug-likeness (QED) is 0.732. The standard InChI is InChI=1S/C18H33N3O/c1-11-9-15(19)16(20)10-14(11)17(22)21-13-7-5-12(6-8-13)18(2,3)4/h10-13,15-16H,5-9,19-20H2,1-4H3,(H,21,22). The summed E-state index contributed by atoms with van der Waals surface area (Å²) in [5.74, 6) is 1.02. The number of amides is 1. The van der Waals surface area contributed by atoms with Gasteiger partial charge in [0, 0.05) is 23.7 Å². The average Bonchev–Trinajstić information content (AvgIpc) is 2.42. The van der Waals surface area contributed by atoms with E-state index in [-0.39, 0.29) is 23.9 Å². The van der Waals surface area contributed by atoms with Crippen molar-refractivity contribution >= 4 is 5.91 Å². The molecule has 1 fully saturated rings. The molecule has 0 radical (unpaired) electrons. The Morgan fingerprint density at radius 2 is 1.77 bits per heavy atom. The number of hydrogen-bond acceptors (Lipinski definition) is 3. The van der Waals surface area contributed by atoms with Gasteiger partial charge in [-0.1, -0.05) is 33.8 Å². The van der Waals surface area contributed by atoms with E-state index in [2.05, 4.69) is 33.0 Å². The molecule has 2 aliphatic rings. The average molecular weight is 307 g/mol. The Labute approximate surface area is 135 Å². The van der Waals surface area contributed by atoms with Gasteiger partial charge in [-0.2, -0.15) is 0 Å². The van der Waals surface area contributed by atoms with Gasteiger partial charge in [0.1, 0.15) is 0 Å². The van der Waals surface area contributed by atoms with Crippen molar-refractivity contribution in [3.05, 3.63) is 11.6 Å². The monoisotopic (exact) mass is 307 g/mol. The Morgan fingerprint density at radius 1 is 1.18 bits per heavy atom. The third-order valence-electron chi connectivity index (χ3n) is 5.57. The predicted molar refractivity (Wildman–Crippen MR) is 91.2 cm³/mol. The van der Waals surface area contributed by atoms with Crippen LogP contribution in [0, 0.1) is 17.3 Å². The zero-order chi connectivity index (χ0) is 16.5. The summed E-state index contributed by atoms with van der Waals surface area (Å²) >= 11 is 0. The van der Waals surface area contributed by atoms with Crippen LogP contribution in [0.25, 0.3) is 0 Å². The lowest BCUT2D eigenvalue weighted by Crippen LogP contribution is -2.47. The highest BCUT2D eigenvalue weighted by atomic mass is 16.1. The zero-order valence-corrected chi connectivity index (χ0v) is 14.6. The third kappa shape index (κ3) is 4.11. The first-order chi connectivity index (χ1) is 10.2. The zero-order valence-electron chi connectivity index (χ0n) is 14.6. The van der Waals surface area contributed by atoms with Crippen LogP contribution in [0.2, 0.25) is 0 Å². The van der Waals surface area contributed by atoms with Gasteiger partial charge < -0.3 is 16.8 Å². The van der Waals surface area contributed by atoms with Gasteiger partial charge in [-0.25, -0.2) is 0 Å². The highest BCUT2D eigenvalue weighted by molar-refractivity contribution is 5.94. The summed E-state index contributed by atoms with van der Waals surface area (Å²) in [4.78, 5) is 12.5. The predicted octanol–water partition coefficient (Wildman–Crippen LogP) is 2.33. The van der Waals surface area contributed by atoms with Crippen LogP contribution in [0.15, 0.2) is 11.6 Å². The second-order valence-corrected chi connectivity index (χ2v) is 8.39. The first-order valence-corrected chi connectivity index (χ1v) is 8.72. The normalized spacial score (nSPS) is 36.6. The number of hydrogen-bond donors (Lipinski definition) is 3. The molecule has 1 saturated carbocycles. The van der Waals surface area contributed by atoms with Crippen LogP contribution in [0.4, 0.5) is 0 Å². The number of nitrogens with one attached hydrogen (secondary N) is 1. The molecular weight excluding hydrogens is 274 g/mol. The summed E-state index contributed by atoms with van der Waals surface area (Å²) in [6.45, 7) is 9.01. The molecule has 0 bridgehead atoms. The Bertz CT molecular complexity index is 430. The molecule has 0 aromatic carbocycles. The van der Waals surface area contributed by atoms with E-state index in [1.54, 1.807) is 0 Å². The van der Waals surface area contributed by atoms with Crippen molar-refractivity contribution < 1.29 is 4.79 Å². The number of carbonyl (C=O) groups is 1. The fourth-order valence-electron chi connectivity index (χ4n) is 3.86. The van der Waals surface area contributed by atoms with E-state index in [0.717, 1.165) is 30.8 Å². The van der Waals surface area contributed by atoms with Gasteiger partial charge in [0.25, 0.3) is 0 Å². The van der Waals surface area contributed by atoms with Crippen molar-refractivity contribution in [1.82, 2.24) is 5.32 Å². The first-order valence-electron chi connectivity index (χ1n) is 8.72. The molecule has 0 heterocycles. The molecule has 0 aromatic heterocycles. The Morgan fingerprint density at radius 3 is 2.32 bits per heavy atom. The first kappa shape index (κ1) is 17.5. The van der Waals surface area contributed by atoms with E-state index in [1.165, 1.54) is 12.8 Å². The van der Waals surface area contributed by atoms with Crippen LogP contribution in [0.5, 0.6) is 0 Å². The maximum Gasteiger partial charge on any atom is 0.247 e. The minimum atomic E-state index is -0.200. The van der Waals surface area contributed by atoms with Crippen LogP contribution in [0.1, 0.15) is 59.8 Å². The van der Waals surface area contributed by atoms with Crippen molar-refractivity contribution in [2.45, 2.75) is 77.9 Å². The summed E-state index contributed by atoms with van der Waals surface area (Å²) in [6.07, 6.45) is 7.23. The molecule has 2 aliphatic carbocycles. The van der Waals surface area contributed by atoms with E-state index in [0.29, 0.717) is 11.5 Å². The summed E-state index contributed by atoms with van der Waals surface area (Å²) in [5, 5.41) is 3.22. The van der Waals surface area contributed by atoms with E-state index in [9.17, 15) is 4.79 Å².